The van der Waals surface area contributed by atoms with Crippen molar-refractivity contribution in [2.24, 2.45) is 0 Å². The van der Waals surface area contributed by atoms with Crippen LogP contribution in [0.1, 0.15) is 5.69 Å². The molecule has 6 heteroatoms. The Morgan fingerprint density at radius 3 is 2.93 bits per heavy atom. The number of aryl methyl sites for hydroxylation is 1. The molecule has 2 aromatic rings. The highest BCUT2D eigenvalue weighted by molar-refractivity contribution is 5.80. The topological polar surface area (TPSA) is 70.4 Å². The fraction of sp³-hybridized carbons (Fsp3) is 0.125. The van der Waals surface area contributed by atoms with Gasteiger partial charge in [0.25, 0.3) is 0 Å². The van der Waals surface area contributed by atoms with Crippen molar-refractivity contribution < 1.29 is 19.0 Å². The summed E-state index contributed by atoms with van der Waals surface area (Å²) < 4.78 is 17.9. The van der Waals surface area contributed by atoms with E-state index in [2.05, 4.69) is 5.16 Å². The molecule has 5 nitrogen and oxygen atoms in total. The van der Waals surface area contributed by atoms with Crippen LogP contribution in [0, 0.1) is 22.9 Å². The minimum atomic E-state index is -0.898. The lowest BCUT2D eigenvalue weighted by Gasteiger charge is -1.91. The van der Waals surface area contributed by atoms with Gasteiger partial charge in [0.15, 0.2) is 0 Å². The van der Waals surface area contributed by atoms with E-state index in [-0.39, 0.29) is 5.58 Å². The van der Waals surface area contributed by atoms with Gasteiger partial charge in [-0.1, -0.05) is 0 Å². The number of nitrogens with one attached hydrogen (secondary N) is 1. The Morgan fingerprint density at radius 1 is 1.57 bits per heavy atom. The minimum absolute atomic E-state index is 0.269. The number of nitro benzene ring substituents is 1. The lowest BCUT2D eigenvalue weighted by Crippen LogP contribution is -1.97. The van der Waals surface area contributed by atoms with Crippen LogP contribution >= 0.6 is 0 Å². The van der Waals surface area contributed by atoms with Crippen molar-refractivity contribution in [2.45, 2.75) is 6.92 Å². The van der Waals surface area contributed by atoms with Crippen LogP contribution in [0.2, 0.25) is 0 Å². The molecular formula is C8H6FN2O3+. The van der Waals surface area contributed by atoms with Crippen LogP contribution in [0.4, 0.5) is 10.1 Å². The van der Waals surface area contributed by atoms with E-state index in [1.165, 1.54) is 0 Å². The number of aromatic amines is 1. The lowest BCUT2D eigenvalue weighted by molar-refractivity contribution is -0.608. The Kier molecular flexibility index (Phi) is 1.70. The van der Waals surface area contributed by atoms with Crippen molar-refractivity contribution >= 4 is 16.7 Å². The summed E-state index contributed by atoms with van der Waals surface area (Å²) in [6.45, 7) is 1.69. The van der Waals surface area contributed by atoms with Gasteiger partial charge in [-0.05, 0) is 5.16 Å². The van der Waals surface area contributed by atoms with Crippen molar-refractivity contribution in [1.29, 1.82) is 0 Å². The highest BCUT2D eigenvalue weighted by Gasteiger charge is 2.20. The number of benzene rings is 1. The molecule has 1 aromatic heterocycles. The van der Waals surface area contributed by atoms with E-state index in [4.69, 9.17) is 4.52 Å². The molecule has 0 unspecified atom stereocenters. The van der Waals surface area contributed by atoms with Gasteiger partial charge in [0.2, 0.25) is 17.1 Å². The molecule has 0 bridgehead atoms. The molecule has 0 amide bonds. The molecule has 72 valence electrons. The molecule has 0 fully saturated rings. The Bertz CT molecular complexity index is 521. The zero-order valence-corrected chi connectivity index (χ0v) is 7.20. The first-order valence-corrected chi connectivity index (χ1v) is 3.84. The van der Waals surface area contributed by atoms with Crippen molar-refractivity contribution in [3.8, 4) is 0 Å². The first kappa shape index (κ1) is 8.61. The SMILES string of the molecule is Cc1[nH+]oc2cc(F)c([N+](=O)[O-])cc12. The maximum atomic E-state index is 13.1. The molecule has 0 spiro atoms. The van der Waals surface area contributed by atoms with E-state index in [0.29, 0.717) is 11.1 Å². The number of nitro groups is 1. The maximum absolute atomic E-state index is 13.1. The van der Waals surface area contributed by atoms with Crippen LogP contribution < -0.4 is 5.16 Å². The number of hydrogen-bond donors (Lipinski definition) is 0. The van der Waals surface area contributed by atoms with Gasteiger partial charge in [0.1, 0.15) is 5.39 Å². The molecule has 0 atom stereocenters. The molecule has 0 saturated carbocycles. The Morgan fingerprint density at radius 2 is 2.29 bits per heavy atom. The summed E-state index contributed by atoms with van der Waals surface area (Å²) in [7, 11) is 0. The fourth-order valence-corrected chi connectivity index (χ4v) is 1.25. The number of H-pyrrole nitrogens is 1. The van der Waals surface area contributed by atoms with Gasteiger partial charge in [0, 0.05) is 19.1 Å². The summed E-state index contributed by atoms with van der Waals surface area (Å²) in [5.74, 6) is -0.898. The number of hydrogen-bond acceptors (Lipinski definition) is 3. The summed E-state index contributed by atoms with van der Waals surface area (Å²) in [4.78, 5) is 9.66. The van der Waals surface area contributed by atoms with Crippen molar-refractivity contribution in [3.05, 3.63) is 33.8 Å². The Balaban J connectivity index is 2.80. The van der Waals surface area contributed by atoms with Gasteiger partial charge in [-0.15, -0.1) is 0 Å². The fourth-order valence-electron chi connectivity index (χ4n) is 1.25. The number of fused-ring (bicyclic) bond motifs is 1. The van der Waals surface area contributed by atoms with Gasteiger partial charge in [-0.25, -0.2) is 4.52 Å². The van der Waals surface area contributed by atoms with Crippen LogP contribution in [0.5, 0.6) is 0 Å². The van der Waals surface area contributed by atoms with E-state index in [1.807, 2.05) is 0 Å². The van der Waals surface area contributed by atoms with Gasteiger partial charge in [-0.2, -0.15) is 4.39 Å². The van der Waals surface area contributed by atoms with Crippen molar-refractivity contribution in [2.75, 3.05) is 0 Å². The third-order valence-corrected chi connectivity index (χ3v) is 1.96. The van der Waals surface area contributed by atoms with Gasteiger partial charge in [-0.3, -0.25) is 10.1 Å². The van der Waals surface area contributed by atoms with Gasteiger partial charge >= 0.3 is 5.69 Å². The average molecular weight is 197 g/mol. The molecule has 0 aliphatic heterocycles. The highest BCUT2D eigenvalue weighted by atomic mass is 19.1. The normalized spacial score (nSPS) is 10.7. The van der Waals surface area contributed by atoms with Crippen LogP contribution in [0.25, 0.3) is 11.0 Å². The summed E-state index contributed by atoms with van der Waals surface area (Å²) in [5.41, 5.74) is 0.351. The number of aromatic nitrogens is 1. The molecule has 1 N–H and O–H groups in total. The Hall–Kier alpha value is -1.98. The Labute approximate surface area is 77.3 Å². The summed E-state index contributed by atoms with van der Waals surface area (Å²) >= 11 is 0. The molecule has 14 heavy (non-hydrogen) atoms. The summed E-state index contributed by atoms with van der Waals surface area (Å²) in [6, 6.07) is 2.15. The summed E-state index contributed by atoms with van der Waals surface area (Å²) in [5, 5.41) is 13.4. The van der Waals surface area contributed by atoms with Crippen molar-refractivity contribution in [3.63, 3.8) is 0 Å². The van der Waals surface area contributed by atoms with Gasteiger partial charge < -0.3 is 0 Å². The predicted octanol–water partition coefficient (Wildman–Crippen LogP) is 1.60. The van der Waals surface area contributed by atoms with Crippen LogP contribution in [-0.2, 0) is 0 Å². The second kappa shape index (κ2) is 2.76. The third kappa shape index (κ3) is 1.12. The van der Waals surface area contributed by atoms with Crippen LogP contribution in [0.3, 0.4) is 0 Å². The van der Waals surface area contributed by atoms with E-state index >= 15 is 0 Å². The van der Waals surface area contributed by atoms with E-state index in [0.717, 1.165) is 12.1 Å². The molecule has 2 rings (SSSR count). The first-order valence-electron chi connectivity index (χ1n) is 3.84. The largest absolute Gasteiger partial charge is 0.305 e. The zero-order chi connectivity index (χ0) is 10.3. The quantitative estimate of drug-likeness (QED) is 0.515. The minimum Gasteiger partial charge on any atom is -0.258 e. The van der Waals surface area contributed by atoms with Crippen molar-refractivity contribution in [1.82, 2.24) is 0 Å². The standard InChI is InChI=1S/C8H5FN2O3/c1-4-5-2-7(11(12)13)6(9)3-8(5)14-10-4/h2-3H,1H3/p+1. The molecular weight excluding hydrogens is 191 g/mol. The summed E-state index contributed by atoms with van der Waals surface area (Å²) in [6.07, 6.45) is 0. The van der Waals surface area contributed by atoms with E-state index in [9.17, 15) is 14.5 Å². The second-order valence-corrected chi connectivity index (χ2v) is 2.89. The zero-order valence-electron chi connectivity index (χ0n) is 7.20. The first-order chi connectivity index (χ1) is 6.59. The molecule has 0 aliphatic carbocycles. The van der Waals surface area contributed by atoms with Gasteiger partial charge in [0.05, 0.1) is 4.92 Å². The lowest BCUT2D eigenvalue weighted by atomic mass is 10.2. The number of nitrogens with zero attached hydrogens (tertiary/aromatic N) is 1. The molecule has 1 heterocycles. The molecule has 0 saturated heterocycles. The third-order valence-electron chi connectivity index (χ3n) is 1.96. The van der Waals surface area contributed by atoms with Crippen LogP contribution in [0.15, 0.2) is 16.7 Å². The molecule has 0 aliphatic rings. The molecule has 1 aromatic carbocycles. The number of rotatable bonds is 1. The maximum Gasteiger partial charge on any atom is 0.305 e. The van der Waals surface area contributed by atoms with E-state index < -0.39 is 16.4 Å². The second-order valence-electron chi connectivity index (χ2n) is 2.89. The van der Waals surface area contributed by atoms with E-state index in [1.54, 1.807) is 6.92 Å². The predicted molar refractivity (Wildman–Crippen MR) is 44.1 cm³/mol. The smallest absolute Gasteiger partial charge is 0.258 e. The average Bonchev–Trinajstić information content (AvgIpc) is 2.46. The highest BCUT2D eigenvalue weighted by Crippen LogP contribution is 2.25. The molecule has 0 radical (unpaired) electrons. The monoisotopic (exact) mass is 197 g/mol. The van der Waals surface area contributed by atoms with Crippen LogP contribution in [-0.4, -0.2) is 4.92 Å². The number of halogens is 1.